The van der Waals surface area contributed by atoms with Gasteiger partial charge in [-0.05, 0) is 42.5 Å². The molecule has 0 fully saturated rings. The number of halogens is 6. The summed E-state index contributed by atoms with van der Waals surface area (Å²) in [6, 6.07) is 7.75. The third-order valence-electron chi connectivity index (χ3n) is 4.25. The number of fused-ring (bicyclic) bond motifs is 3. The molecule has 0 saturated heterocycles. The lowest BCUT2D eigenvalue weighted by Crippen LogP contribution is -2.06. The molecular weight excluding hydrogens is 422 g/mol. The van der Waals surface area contributed by atoms with Gasteiger partial charge in [-0.2, -0.15) is 26.3 Å². The molecule has 2 aromatic heterocycles. The quantitative estimate of drug-likeness (QED) is 0.399. The minimum atomic E-state index is -4.72. The van der Waals surface area contributed by atoms with Crippen LogP contribution in [0.1, 0.15) is 20.9 Å². The van der Waals surface area contributed by atoms with E-state index in [4.69, 9.17) is 0 Å². The Bertz CT molecular complexity index is 1250. The number of nitrogens with zero attached hydrogens (tertiary/aromatic N) is 2. The molecule has 11 heteroatoms. The monoisotopic (exact) mass is 430 g/mol. The molecule has 0 bridgehead atoms. The summed E-state index contributed by atoms with van der Waals surface area (Å²) in [5.74, 6) is -1.26. The number of thiazole rings is 1. The number of hydrogen-bond donors (Lipinski definition) is 1. The van der Waals surface area contributed by atoms with E-state index in [0.717, 1.165) is 24.3 Å². The Labute approximate surface area is 161 Å². The zero-order valence-corrected chi connectivity index (χ0v) is 14.8. The van der Waals surface area contributed by atoms with Crippen LogP contribution in [-0.4, -0.2) is 20.6 Å². The average Bonchev–Trinajstić information content (AvgIpc) is 3.17. The Kier molecular flexibility index (Phi) is 4.12. The van der Waals surface area contributed by atoms with Gasteiger partial charge in [0.25, 0.3) is 0 Å². The maximum atomic E-state index is 13.1. The van der Waals surface area contributed by atoms with Crippen LogP contribution in [0.15, 0.2) is 42.5 Å². The lowest BCUT2D eigenvalue weighted by molar-refractivity contribution is -0.138. The second-order valence-electron chi connectivity index (χ2n) is 6.09. The number of alkyl halides is 6. The van der Waals surface area contributed by atoms with Gasteiger partial charge in [-0.25, -0.2) is 9.78 Å². The largest absolute Gasteiger partial charge is 0.478 e. The molecule has 0 spiro atoms. The molecule has 29 heavy (non-hydrogen) atoms. The number of carboxylic acid groups (broad SMARTS) is 1. The number of rotatable bonds is 2. The Morgan fingerprint density at radius 3 is 2.17 bits per heavy atom. The molecule has 1 N–H and O–H groups in total. The van der Waals surface area contributed by atoms with Gasteiger partial charge in [-0.3, -0.25) is 4.57 Å². The third kappa shape index (κ3) is 3.20. The Morgan fingerprint density at radius 2 is 1.62 bits per heavy atom. The van der Waals surface area contributed by atoms with Crippen molar-refractivity contribution in [1.82, 2.24) is 9.55 Å². The molecular formula is C18H8F6N2O2S. The first-order chi connectivity index (χ1) is 13.5. The summed E-state index contributed by atoms with van der Waals surface area (Å²) in [4.78, 5) is 14.9. The summed E-state index contributed by atoms with van der Waals surface area (Å²) in [7, 11) is 0. The minimum Gasteiger partial charge on any atom is -0.478 e. The van der Waals surface area contributed by atoms with Crippen LogP contribution in [0.25, 0.3) is 26.9 Å². The van der Waals surface area contributed by atoms with Crippen molar-refractivity contribution in [1.29, 1.82) is 0 Å². The molecule has 150 valence electrons. The minimum absolute atomic E-state index is 0.0929. The highest BCUT2D eigenvalue weighted by Gasteiger charge is 2.36. The van der Waals surface area contributed by atoms with Gasteiger partial charge < -0.3 is 5.11 Å². The van der Waals surface area contributed by atoms with E-state index in [1.165, 1.54) is 22.8 Å². The number of hydrogen-bond acceptors (Lipinski definition) is 3. The van der Waals surface area contributed by atoms with Crippen LogP contribution in [0.2, 0.25) is 0 Å². The van der Waals surface area contributed by atoms with Crippen molar-refractivity contribution < 1.29 is 36.2 Å². The lowest BCUT2D eigenvalue weighted by Gasteiger charge is -2.10. The Balaban J connectivity index is 2.02. The number of aromatic carboxylic acids is 1. The number of benzene rings is 2. The highest BCUT2D eigenvalue weighted by molar-refractivity contribution is 7.19. The van der Waals surface area contributed by atoms with Crippen LogP contribution < -0.4 is 0 Å². The fourth-order valence-electron chi connectivity index (χ4n) is 2.98. The van der Waals surface area contributed by atoms with Crippen molar-refractivity contribution in [2.45, 2.75) is 12.4 Å². The average molecular weight is 430 g/mol. The summed E-state index contributed by atoms with van der Waals surface area (Å²) in [6.07, 6.45) is -9.28. The normalized spacial score (nSPS) is 12.8. The number of carbonyl (C=O) groups is 1. The fraction of sp³-hybridized carbons (Fsp3) is 0.111. The molecule has 4 rings (SSSR count). The van der Waals surface area contributed by atoms with E-state index >= 15 is 0 Å². The molecule has 0 aliphatic carbocycles. The standard InChI is InChI=1S/C18H8F6N2O2S/c19-17(20,21)9-2-4-10(5-3-9)26-12-6-1-8(15(27)28)7-11(12)13-14(26)25-16(29-13)18(22,23)24/h1-7H,(H,27,28). The summed E-state index contributed by atoms with van der Waals surface area (Å²) in [5.41, 5.74) is -0.653. The van der Waals surface area contributed by atoms with Gasteiger partial charge in [0.2, 0.25) is 5.01 Å². The first kappa shape index (κ1) is 19.2. The smallest absolute Gasteiger partial charge is 0.443 e. The van der Waals surface area contributed by atoms with E-state index in [1.807, 2.05) is 0 Å². The molecule has 0 atom stereocenters. The second-order valence-corrected chi connectivity index (χ2v) is 7.09. The van der Waals surface area contributed by atoms with Crippen LogP contribution in [-0.2, 0) is 12.4 Å². The maximum absolute atomic E-state index is 13.1. The van der Waals surface area contributed by atoms with Crippen molar-refractivity contribution in [2.24, 2.45) is 0 Å². The van der Waals surface area contributed by atoms with Crippen molar-refractivity contribution in [3.8, 4) is 5.69 Å². The Hall–Kier alpha value is -3.08. The van der Waals surface area contributed by atoms with E-state index < -0.39 is 28.9 Å². The first-order valence-corrected chi connectivity index (χ1v) is 8.71. The molecule has 4 nitrogen and oxygen atoms in total. The molecule has 0 amide bonds. The van der Waals surface area contributed by atoms with E-state index in [-0.39, 0.29) is 27.0 Å². The van der Waals surface area contributed by atoms with E-state index in [2.05, 4.69) is 4.98 Å². The Morgan fingerprint density at radius 1 is 0.966 bits per heavy atom. The predicted octanol–water partition coefficient (Wildman–Crippen LogP) is 5.98. The van der Waals surface area contributed by atoms with E-state index in [9.17, 15) is 36.2 Å². The molecule has 0 saturated carbocycles. The van der Waals surface area contributed by atoms with Crippen molar-refractivity contribution in [2.75, 3.05) is 0 Å². The second kappa shape index (κ2) is 6.21. The lowest BCUT2D eigenvalue weighted by atomic mass is 10.1. The predicted molar refractivity (Wildman–Crippen MR) is 93.4 cm³/mol. The van der Waals surface area contributed by atoms with Crippen LogP contribution >= 0.6 is 11.3 Å². The van der Waals surface area contributed by atoms with Crippen LogP contribution in [0.5, 0.6) is 0 Å². The third-order valence-corrected chi connectivity index (χ3v) is 5.37. The zero-order valence-electron chi connectivity index (χ0n) is 14.0. The molecule has 0 unspecified atom stereocenters. The van der Waals surface area contributed by atoms with Crippen LogP contribution in [0, 0.1) is 0 Å². The van der Waals surface area contributed by atoms with Gasteiger partial charge in [0.05, 0.1) is 21.3 Å². The van der Waals surface area contributed by atoms with Gasteiger partial charge in [-0.1, -0.05) is 0 Å². The molecule has 0 aliphatic heterocycles. The van der Waals surface area contributed by atoms with Crippen molar-refractivity contribution >= 4 is 38.6 Å². The van der Waals surface area contributed by atoms with Gasteiger partial charge >= 0.3 is 18.3 Å². The number of aromatic nitrogens is 2. The zero-order chi connectivity index (χ0) is 21.1. The molecule has 4 aromatic rings. The summed E-state index contributed by atoms with van der Waals surface area (Å²) in [5, 5.41) is 8.26. The van der Waals surface area contributed by atoms with Gasteiger partial charge in [0, 0.05) is 11.1 Å². The maximum Gasteiger partial charge on any atom is 0.443 e. The highest BCUT2D eigenvalue weighted by Crippen LogP contribution is 2.41. The fourth-order valence-corrected chi connectivity index (χ4v) is 3.92. The van der Waals surface area contributed by atoms with Crippen molar-refractivity contribution in [3.05, 3.63) is 58.6 Å². The van der Waals surface area contributed by atoms with E-state index in [0.29, 0.717) is 16.9 Å². The number of carboxylic acids is 1. The highest BCUT2D eigenvalue weighted by atomic mass is 32.1. The topological polar surface area (TPSA) is 55.1 Å². The first-order valence-electron chi connectivity index (χ1n) is 7.90. The van der Waals surface area contributed by atoms with Gasteiger partial charge in [0.15, 0.2) is 5.65 Å². The van der Waals surface area contributed by atoms with E-state index in [1.54, 1.807) is 0 Å². The molecule has 2 heterocycles. The summed E-state index contributed by atoms with van der Waals surface area (Å²) < 4.78 is 79.3. The van der Waals surface area contributed by atoms with Gasteiger partial charge in [-0.15, -0.1) is 11.3 Å². The van der Waals surface area contributed by atoms with Crippen LogP contribution in [0.3, 0.4) is 0 Å². The molecule has 0 radical (unpaired) electrons. The van der Waals surface area contributed by atoms with Crippen LogP contribution in [0.4, 0.5) is 26.3 Å². The van der Waals surface area contributed by atoms with Crippen molar-refractivity contribution in [3.63, 3.8) is 0 Å². The SMILES string of the molecule is O=C(O)c1ccc2c(c1)c1sc(C(F)(F)F)nc1n2-c1ccc(C(F)(F)F)cc1. The molecule has 0 aliphatic rings. The summed E-state index contributed by atoms with van der Waals surface area (Å²) in [6.45, 7) is 0. The van der Waals surface area contributed by atoms with Gasteiger partial charge in [0.1, 0.15) is 0 Å². The summed E-state index contributed by atoms with van der Waals surface area (Å²) >= 11 is 0.347. The molecule has 2 aromatic carbocycles.